The number of halogens is 3. The molecule has 0 amide bonds. The molecule has 8 nitrogen and oxygen atoms in total. The van der Waals surface area contributed by atoms with E-state index in [1.54, 1.807) is 54.6 Å². The number of piperidine rings is 1. The van der Waals surface area contributed by atoms with E-state index < -0.39 is 35.4 Å². The summed E-state index contributed by atoms with van der Waals surface area (Å²) in [5.41, 5.74) is 0.146. The molecule has 2 aromatic carbocycles. The van der Waals surface area contributed by atoms with E-state index in [1.807, 2.05) is 4.90 Å². The lowest BCUT2D eigenvalue weighted by atomic mass is 9.97. The topological polar surface area (TPSA) is 113 Å². The number of alkyl halides is 3. The van der Waals surface area contributed by atoms with Gasteiger partial charge in [0, 0.05) is 18.7 Å². The lowest BCUT2D eigenvalue weighted by Gasteiger charge is -2.32. The average molecular weight is 545 g/mol. The van der Waals surface area contributed by atoms with Crippen molar-refractivity contribution in [1.82, 2.24) is 19.4 Å². The molecule has 1 aliphatic rings. The summed E-state index contributed by atoms with van der Waals surface area (Å²) in [6.07, 6.45) is -4.13. The van der Waals surface area contributed by atoms with Crippen LogP contribution in [0.15, 0.2) is 59.1 Å². The molecule has 3 heterocycles. The fourth-order valence-corrected chi connectivity index (χ4v) is 5.45. The number of hydrogen-bond acceptors (Lipinski definition) is 8. The van der Waals surface area contributed by atoms with Crippen molar-refractivity contribution in [2.75, 3.05) is 19.6 Å². The third kappa shape index (κ3) is 5.47. The first-order valence-electron chi connectivity index (χ1n) is 11.9. The van der Waals surface area contributed by atoms with Crippen LogP contribution in [0.1, 0.15) is 30.1 Å². The SMILES string of the molecule is O=C(O)[C@H]1CCCN(C[C@@H](O)c2ccc(-c3noc(-c4nsc(-c5ccccc5)c4C(F)(F)F)n3)cc2)C1. The van der Waals surface area contributed by atoms with Crippen molar-refractivity contribution in [3.05, 3.63) is 65.7 Å². The maximum absolute atomic E-state index is 14.0. The molecule has 2 N–H and O–H groups in total. The zero-order valence-corrected chi connectivity index (χ0v) is 20.7. The van der Waals surface area contributed by atoms with Gasteiger partial charge in [0.1, 0.15) is 5.56 Å². The Bertz CT molecular complexity index is 1410. The van der Waals surface area contributed by atoms with Crippen molar-refractivity contribution in [2.24, 2.45) is 5.92 Å². The average Bonchev–Trinajstić information content (AvgIpc) is 3.57. The molecule has 2 aromatic heterocycles. The zero-order chi connectivity index (χ0) is 26.9. The van der Waals surface area contributed by atoms with Crippen LogP contribution in [0.3, 0.4) is 0 Å². The van der Waals surface area contributed by atoms with E-state index in [0.717, 1.165) is 6.42 Å². The molecule has 1 saturated heterocycles. The Kier molecular flexibility index (Phi) is 7.28. The second-order valence-electron chi connectivity index (χ2n) is 9.10. The van der Waals surface area contributed by atoms with Gasteiger partial charge in [-0.15, -0.1) is 0 Å². The summed E-state index contributed by atoms with van der Waals surface area (Å²) < 4.78 is 51.2. The Morgan fingerprint density at radius 2 is 1.87 bits per heavy atom. The molecule has 0 bridgehead atoms. The Morgan fingerprint density at radius 1 is 1.13 bits per heavy atom. The number of carboxylic acids is 1. The molecule has 0 radical (unpaired) electrons. The smallest absolute Gasteiger partial charge is 0.420 e. The molecule has 0 unspecified atom stereocenters. The van der Waals surface area contributed by atoms with Crippen LogP contribution >= 0.6 is 11.5 Å². The highest BCUT2D eigenvalue weighted by molar-refractivity contribution is 7.10. The first-order chi connectivity index (χ1) is 18.2. The van der Waals surface area contributed by atoms with E-state index in [1.165, 1.54) is 0 Å². The summed E-state index contributed by atoms with van der Waals surface area (Å²) in [7, 11) is 0. The minimum Gasteiger partial charge on any atom is -0.481 e. The number of likely N-dealkylation sites (tertiary alicyclic amines) is 1. The first kappa shape index (κ1) is 26.0. The lowest BCUT2D eigenvalue weighted by Crippen LogP contribution is -2.40. The summed E-state index contributed by atoms with van der Waals surface area (Å²) in [5.74, 6) is -1.52. The highest BCUT2D eigenvalue weighted by Crippen LogP contribution is 2.45. The number of benzene rings is 2. The predicted octanol–water partition coefficient (Wildman–Crippen LogP) is 5.38. The molecule has 2 atom stereocenters. The van der Waals surface area contributed by atoms with Crippen LogP contribution in [-0.2, 0) is 11.0 Å². The Morgan fingerprint density at radius 3 is 2.55 bits per heavy atom. The quantitative estimate of drug-likeness (QED) is 0.319. The Balaban J connectivity index is 1.34. The molecular weight excluding hydrogens is 521 g/mol. The van der Waals surface area contributed by atoms with E-state index in [9.17, 15) is 28.2 Å². The number of carbonyl (C=O) groups is 1. The lowest BCUT2D eigenvalue weighted by molar-refractivity contribution is -0.143. The van der Waals surface area contributed by atoms with E-state index >= 15 is 0 Å². The third-order valence-corrected chi connectivity index (χ3v) is 7.38. The standard InChI is InChI=1S/C26H23F3N4O4S/c27-26(28,29)20-21(32-38-22(20)16-5-2-1-3-6-16)24-30-23(31-37-24)17-10-8-15(9-11-17)19(34)14-33-12-4-7-18(13-33)25(35)36/h1-3,5-6,8-11,18-19,34H,4,7,12-14H2,(H,35,36)/t18-,19+/m0/s1. The fourth-order valence-electron chi connectivity index (χ4n) is 4.55. The van der Waals surface area contributed by atoms with Crippen LogP contribution < -0.4 is 0 Å². The number of rotatable bonds is 7. The van der Waals surface area contributed by atoms with Gasteiger partial charge in [-0.25, -0.2) is 0 Å². The molecular formula is C26H23F3N4O4S. The van der Waals surface area contributed by atoms with Crippen LogP contribution in [0.2, 0.25) is 0 Å². The molecule has 38 heavy (non-hydrogen) atoms. The zero-order valence-electron chi connectivity index (χ0n) is 19.9. The number of aliphatic hydroxyl groups is 1. The summed E-state index contributed by atoms with van der Waals surface area (Å²) in [6.45, 7) is 1.40. The van der Waals surface area contributed by atoms with Gasteiger partial charge >= 0.3 is 12.1 Å². The molecule has 1 fully saturated rings. The van der Waals surface area contributed by atoms with E-state index in [4.69, 9.17) is 4.52 Å². The van der Waals surface area contributed by atoms with Gasteiger partial charge in [-0.05, 0) is 42.0 Å². The normalized spacial score (nSPS) is 17.4. The highest BCUT2D eigenvalue weighted by Gasteiger charge is 2.41. The minimum atomic E-state index is -4.68. The maximum Gasteiger partial charge on any atom is 0.420 e. The van der Waals surface area contributed by atoms with Crippen molar-refractivity contribution in [3.8, 4) is 33.4 Å². The molecule has 5 rings (SSSR count). The van der Waals surface area contributed by atoms with Gasteiger partial charge in [-0.3, -0.25) is 9.69 Å². The van der Waals surface area contributed by atoms with E-state index in [0.29, 0.717) is 54.3 Å². The van der Waals surface area contributed by atoms with Crippen LogP contribution in [0, 0.1) is 5.92 Å². The minimum absolute atomic E-state index is 0.0328. The number of aliphatic hydroxyl groups excluding tert-OH is 1. The number of carboxylic acid groups (broad SMARTS) is 1. The molecule has 4 aromatic rings. The molecule has 0 spiro atoms. The van der Waals surface area contributed by atoms with Gasteiger partial charge in [0.2, 0.25) is 5.82 Å². The van der Waals surface area contributed by atoms with E-state index in [2.05, 4.69) is 14.5 Å². The van der Waals surface area contributed by atoms with Gasteiger partial charge in [0.25, 0.3) is 5.89 Å². The third-order valence-electron chi connectivity index (χ3n) is 6.48. The summed E-state index contributed by atoms with van der Waals surface area (Å²) in [5, 5.41) is 23.8. The summed E-state index contributed by atoms with van der Waals surface area (Å²) >= 11 is 0.715. The van der Waals surface area contributed by atoms with Crippen LogP contribution in [0.4, 0.5) is 13.2 Å². The molecule has 0 aliphatic carbocycles. The monoisotopic (exact) mass is 544 g/mol. The van der Waals surface area contributed by atoms with Crippen LogP contribution in [-0.4, -0.2) is 55.2 Å². The van der Waals surface area contributed by atoms with Crippen LogP contribution in [0.5, 0.6) is 0 Å². The number of hydrogen-bond donors (Lipinski definition) is 2. The molecule has 198 valence electrons. The fraction of sp³-hybridized carbons (Fsp3) is 0.308. The van der Waals surface area contributed by atoms with Crippen molar-refractivity contribution >= 4 is 17.5 Å². The number of β-amino-alcohol motifs (C(OH)–C–C–N with tert-alkyl or cyclic N) is 1. The van der Waals surface area contributed by atoms with Gasteiger partial charge in [-0.1, -0.05) is 59.8 Å². The Labute approximate surface area is 219 Å². The van der Waals surface area contributed by atoms with Crippen molar-refractivity contribution in [3.63, 3.8) is 0 Å². The van der Waals surface area contributed by atoms with E-state index in [-0.39, 0.29) is 16.6 Å². The summed E-state index contributed by atoms with van der Waals surface area (Å²) in [6, 6.07) is 14.8. The summed E-state index contributed by atoms with van der Waals surface area (Å²) in [4.78, 5) is 17.4. The van der Waals surface area contributed by atoms with Gasteiger partial charge < -0.3 is 14.7 Å². The molecule has 0 saturated carbocycles. The largest absolute Gasteiger partial charge is 0.481 e. The number of nitrogens with zero attached hydrogens (tertiary/aromatic N) is 4. The number of aromatic nitrogens is 3. The predicted molar refractivity (Wildman–Crippen MR) is 133 cm³/mol. The maximum atomic E-state index is 14.0. The highest BCUT2D eigenvalue weighted by atomic mass is 32.1. The van der Waals surface area contributed by atoms with Crippen molar-refractivity contribution < 1.29 is 32.7 Å². The van der Waals surface area contributed by atoms with Crippen molar-refractivity contribution in [2.45, 2.75) is 25.1 Å². The van der Waals surface area contributed by atoms with Crippen LogP contribution in [0.25, 0.3) is 33.4 Å². The molecule has 1 aliphatic heterocycles. The van der Waals surface area contributed by atoms with Gasteiger partial charge in [0.15, 0.2) is 5.69 Å². The first-order valence-corrected chi connectivity index (χ1v) is 12.7. The Hall–Kier alpha value is -3.61. The second kappa shape index (κ2) is 10.6. The molecule has 12 heteroatoms. The number of aliphatic carboxylic acids is 1. The van der Waals surface area contributed by atoms with Gasteiger partial charge in [0.05, 0.1) is 16.9 Å². The van der Waals surface area contributed by atoms with Crippen molar-refractivity contribution in [1.29, 1.82) is 0 Å². The second-order valence-corrected chi connectivity index (χ2v) is 9.87. The van der Waals surface area contributed by atoms with Gasteiger partial charge in [-0.2, -0.15) is 22.5 Å².